The summed E-state index contributed by atoms with van der Waals surface area (Å²) in [7, 11) is 0. The van der Waals surface area contributed by atoms with Gasteiger partial charge in [-0.2, -0.15) is 0 Å². The number of amides is 2. The predicted molar refractivity (Wildman–Crippen MR) is 78.1 cm³/mol. The largest absolute Gasteiger partial charge is 0.351 e. The van der Waals surface area contributed by atoms with Crippen molar-refractivity contribution in [2.24, 2.45) is 11.7 Å². The summed E-state index contributed by atoms with van der Waals surface area (Å²) in [4.78, 5) is 25.1. The highest BCUT2D eigenvalue weighted by atomic mass is 35.5. The number of likely N-dealkylation sites (tertiary alicyclic amines) is 1. The molecule has 1 fully saturated rings. The van der Waals surface area contributed by atoms with Crippen LogP contribution in [0.5, 0.6) is 0 Å². The average Bonchev–Trinajstić information content (AvgIpc) is 2.63. The minimum atomic E-state index is -0.457. The van der Waals surface area contributed by atoms with Crippen molar-refractivity contribution in [2.45, 2.75) is 52.1 Å². The molecule has 1 aliphatic heterocycles. The van der Waals surface area contributed by atoms with Crippen LogP contribution in [-0.2, 0) is 9.59 Å². The van der Waals surface area contributed by atoms with Gasteiger partial charge in [0.25, 0.3) is 0 Å². The minimum absolute atomic E-state index is 0. The van der Waals surface area contributed by atoms with Crippen LogP contribution >= 0.6 is 12.4 Å². The smallest absolute Gasteiger partial charge is 0.237 e. The SMILES string of the molecule is CC(C)C[C@H](N)C(=O)NC(C)CN1CCCC1=O.Cl. The van der Waals surface area contributed by atoms with Crippen LogP contribution < -0.4 is 11.1 Å². The molecule has 5 nitrogen and oxygen atoms in total. The highest BCUT2D eigenvalue weighted by Gasteiger charge is 2.23. The molecule has 0 aromatic rings. The lowest BCUT2D eigenvalue weighted by Crippen LogP contribution is -2.48. The number of carbonyl (C=O) groups is 2. The van der Waals surface area contributed by atoms with Crippen molar-refractivity contribution in [1.82, 2.24) is 10.2 Å². The maximum atomic E-state index is 11.8. The van der Waals surface area contributed by atoms with E-state index in [4.69, 9.17) is 5.73 Å². The molecule has 1 saturated heterocycles. The van der Waals surface area contributed by atoms with E-state index in [2.05, 4.69) is 5.32 Å². The lowest BCUT2D eigenvalue weighted by Gasteiger charge is -2.23. The van der Waals surface area contributed by atoms with Crippen LogP contribution in [0.4, 0.5) is 0 Å². The summed E-state index contributed by atoms with van der Waals surface area (Å²) in [6.07, 6.45) is 2.24. The van der Waals surface area contributed by atoms with Gasteiger partial charge in [0.1, 0.15) is 0 Å². The highest BCUT2D eigenvalue weighted by Crippen LogP contribution is 2.10. The van der Waals surface area contributed by atoms with E-state index in [1.165, 1.54) is 0 Å². The van der Waals surface area contributed by atoms with Gasteiger partial charge in [-0.1, -0.05) is 13.8 Å². The molecule has 0 radical (unpaired) electrons. The van der Waals surface area contributed by atoms with Gasteiger partial charge in [-0.3, -0.25) is 9.59 Å². The Morgan fingerprint density at radius 1 is 1.42 bits per heavy atom. The molecule has 0 saturated carbocycles. The fraction of sp³-hybridized carbons (Fsp3) is 0.846. The Morgan fingerprint density at radius 2 is 2.05 bits per heavy atom. The van der Waals surface area contributed by atoms with Gasteiger partial charge >= 0.3 is 0 Å². The third kappa shape index (κ3) is 6.25. The number of nitrogens with one attached hydrogen (secondary N) is 1. The van der Waals surface area contributed by atoms with Gasteiger partial charge in [-0.05, 0) is 25.7 Å². The number of carbonyl (C=O) groups excluding carboxylic acids is 2. The molecule has 1 unspecified atom stereocenters. The van der Waals surface area contributed by atoms with Gasteiger partial charge in [0.15, 0.2) is 0 Å². The van der Waals surface area contributed by atoms with Gasteiger partial charge in [0.2, 0.25) is 11.8 Å². The van der Waals surface area contributed by atoms with E-state index in [0.29, 0.717) is 25.3 Å². The summed E-state index contributed by atoms with van der Waals surface area (Å²) < 4.78 is 0. The van der Waals surface area contributed by atoms with Crippen molar-refractivity contribution in [3.8, 4) is 0 Å². The molecule has 0 aliphatic carbocycles. The number of nitrogens with two attached hydrogens (primary N) is 1. The monoisotopic (exact) mass is 291 g/mol. The van der Waals surface area contributed by atoms with Crippen molar-refractivity contribution >= 4 is 24.2 Å². The summed E-state index contributed by atoms with van der Waals surface area (Å²) in [5, 5.41) is 2.87. The summed E-state index contributed by atoms with van der Waals surface area (Å²) >= 11 is 0. The molecule has 0 bridgehead atoms. The van der Waals surface area contributed by atoms with Crippen molar-refractivity contribution in [3.05, 3.63) is 0 Å². The third-order valence-electron chi connectivity index (χ3n) is 3.12. The van der Waals surface area contributed by atoms with E-state index >= 15 is 0 Å². The number of nitrogens with zero attached hydrogens (tertiary/aromatic N) is 1. The zero-order valence-electron chi connectivity index (χ0n) is 12.0. The molecule has 0 spiro atoms. The average molecular weight is 292 g/mol. The number of rotatable bonds is 6. The Morgan fingerprint density at radius 3 is 2.53 bits per heavy atom. The first-order valence-electron chi connectivity index (χ1n) is 6.74. The first-order chi connectivity index (χ1) is 8.40. The van der Waals surface area contributed by atoms with Crippen molar-refractivity contribution in [3.63, 3.8) is 0 Å². The Hall–Kier alpha value is -0.810. The molecule has 112 valence electrons. The highest BCUT2D eigenvalue weighted by molar-refractivity contribution is 5.85. The van der Waals surface area contributed by atoms with Gasteiger partial charge in [0, 0.05) is 25.6 Å². The first-order valence-corrected chi connectivity index (χ1v) is 6.74. The molecule has 6 heteroatoms. The predicted octanol–water partition coefficient (Wildman–Crippen LogP) is 0.909. The fourth-order valence-electron chi connectivity index (χ4n) is 2.24. The van der Waals surface area contributed by atoms with E-state index in [0.717, 1.165) is 13.0 Å². The molecule has 1 rings (SSSR count). The summed E-state index contributed by atoms with van der Waals surface area (Å²) in [6, 6.07) is -0.500. The van der Waals surface area contributed by atoms with Crippen LogP contribution in [0.1, 0.15) is 40.0 Å². The van der Waals surface area contributed by atoms with Crippen LogP contribution in [0.2, 0.25) is 0 Å². The third-order valence-corrected chi connectivity index (χ3v) is 3.12. The zero-order valence-corrected chi connectivity index (χ0v) is 12.8. The molecule has 0 aromatic heterocycles. The van der Waals surface area contributed by atoms with Crippen LogP contribution in [0, 0.1) is 5.92 Å². The summed E-state index contributed by atoms with van der Waals surface area (Å²) in [6.45, 7) is 7.38. The molecule has 2 atom stereocenters. The summed E-state index contributed by atoms with van der Waals surface area (Å²) in [5.74, 6) is 0.464. The van der Waals surface area contributed by atoms with E-state index < -0.39 is 6.04 Å². The lowest BCUT2D eigenvalue weighted by atomic mass is 10.0. The standard InChI is InChI=1S/C13H25N3O2.ClH/c1-9(2)7-11(14)13(18)15-10(3)8-16-6-4-5-12(16)17;/h9-11H,4-8,14H2,1-3H3,(H,15,18);1H/t10?,11-;/m0./s1. The van der Waals surface area contributed by atoms with E-state index in [9.17, 15) is 9.59 Å². The molecule has 2 amide bonds. The van der Waals surface area contributed by atoms with Crippen LogP contribution in [0.25, 0.3) is 0 Å². The fourth-order valence-corrected chi connectivity index (χ4v) is 2.24. The second-order valence-corrected chi connectivity index (χ2v) is 5.59. The van der Waals surface area contributed by atoms with Crippen LogP contribution in [0.15, 0.2) is 0 Å². The zero-order chi connectivity index (χ0) is 13.7. The first kappa shape index (κ1) is 18.2. The lowest BCUT2D eigenvalue weighted by molar-refractivity contribution is -0.129. The number of halogens is 1. The topological polar surface area (TPSA) is 75.4 Å². The van der Waals surface area contributed by atoms with Crippen LogP contribution in [-0.4, -0.2) is 41.9 Å². The van der Waals surface area contributed by atoms with Gasteiger partial charge in [-0.15, -0.1) is 12.4 Å². The van der Waals surface area contributed by atoms with Gasteiger partial charge < -0.3 is 16.0 Å². The minimum Gasteiger partial charge on any atom is -0.351 e. The number of hydrogen-bond donors (Lipinski definition) is 2. The quantitative estimate of drug-likeness (QED) is 0.764. The van der Waals surface area contributed by atoms with Gasteiger partial charge in [-0.25, -0.2) is 0 Å². The van der Waals surface area contributed by atoms with E-state index in [1.807, 2.05) is 20.8 Å². The molecular formula is C13H26ClN3O2. The maximum absolute atomic E-state index is 11.8. The van der Waals surface area contributed by atoms with Crippen molar-refractivity contribution < 1.29 is 9.59 Å². The molecule has 1 aliphatic rings. The Bertz CT molecular complexity index is 310. The molecule has 3 N–H and O–H groups in total. The number of hydrogen-bond acceptors (Lipinski definition) is 3. The second kappa shape index (κ2) is 8.38. The normalized spacial score (nSPS) is 18.2. The molecule has 19 heavy (non-hydrogen) atoms. The van der Waals surface area contributed by atoms with E-state index in [-0.39, 0.29) is 30.3 Å². The molecular weight excluding hydrogens is 266 g/mol. The Labute approximate surface area is 121 Å². The maximum Gasteiger partial charge on any atom is 0.237 e. The molecule has 0 aromatic carbocycles. The van der Waals surface area contributed by atoms with E-state index in [1.54, 1.807) is 4.90 Å². The second-order valence-electron chi connectivity index (χ2n) is 5.59. The van der Waals surface area contributed by atoms with Crippen LogP contribution in [0.3, 0.4) is 0 Å². The Balaban J connectivity index is 0.00000324. The summed E-state index contributed by atoms with van der Waals surface area (Å²) in [5.41, 5.74) is 5.81. The van der Waals surface area contributed by atoms with Crippen molar-refractivity contribution in [1.29, 1.82) is 0 Å². The van der Waals surface area contributed by atoms with Crippen molar-refractivity contribution in [2.75, 3.05) is 13.1 Å². The Kier molecular flexibility index (Phi) is 8.02. The van der Waals surface area contributed by atoms with Gasteiger partial charge in [0.05, 0.1) is 6.04 Å². The molecule has 1 heterocycles.